The summed E-state index contributed by atoms with van der Waals surface area (Å²) in [6, 6.07) is 7.18. The van der Waals surface area contributed by atoms with Crippen LogP contribution in [0.2, 0.25) is 0 Å². The van der Waals surface area contributed by atoms with Crippen LogP contribution < -0.4 is 10.9 Å². The molecule has 0 aliphatic heterocycles. The number of halogens is 1. The summed E-state index contributed by atoms with van der Waals surface area (Å²) in [4.78, 5) is 26.9. The molecule has 92 valence electrons. The Bertz CT molecular complexity index is 610. The largest absolute Gasteiger partial charge is 0.309 e. The number of carbonyl (C=O) groups excluding carboxylic acids is 1. The average molecular weight is 247 g/mol. The van der Waals surface area contributed by atoms with Gasteiger partial charge in [-0.15, -0.1) is 0 Å². The molecule has 0 spiro atoms. The molecule has 0 saturated heterocycles. The van der Waals surface area contributed by atoms with Crippen LogP contribution in [-0.2, 0) is 11.3 Å². The highest BCUT2D eigenvalue weighted by molar-refractivity contribution is 5.89. The Morgan fingerprint density at radius 2 is 2.17 bits per heavy atom. The lowest BCUT2D eigenvalue weighted by atomic mass is 10.4. The van der Waals surface area contributed by atoms with E-state index in [9.17, 15) is 14.0 Å². The Labute approximate surface area is 102 Å². The van der Waals surface area contributed by atoms with E-state index in [-0.39, 0.29) is 6.54 Å². The molecular weight excluding hydrogens is 237 g/mol. The van der Waals surface area contributed by atoms with Crippen LogP contribution in [0.3, 0.4) is 0 Å². The van der Waals surface area contributed by atoms with Crippen molar-refractivity contribution in [2.24, 2.45) is 0 Å². The molecule has 0 aliphatic rings. The number of hydrogen-bond acceptors (Lipinski definition) is 3. The van der Waals surface area contributed by atoms with Crippen LogP contribution in [0.5, 0.6) is 0 Å². The summed E-state index contributed by atoms with van der Waals surface area (Å²) >= 11 is 0. The second kappa shape index (κ2) is 5.22. The van der Waals surface area contributed by atoms with Crippen molar-refractivity contribution in [1.29, 1.82) is 0 Å². The Morgan fingerprint density at radius 1 is 1.33 bits per heavy atom. The van der Waals surface area contributed by atoms with Gasteiger partial charge in [0.25, 0.3) is 5.56 Å². The number of pyridine rings is 2. The van der Waals surface area contributed by atoms with Crippen molar-refractivity contribution in [1.82, 2.24) is 9.55 Å². The first-order valence-electron chi connectivity index (χ1n) is 5.22. The van der Waals surface area contributed by atoms with Crippen molar-refractivity contribution in [3.63, 3.8) is 0 Å². The van der Waals surface area contributed by atoms with Gasteiger partial charge >= 0.3 is 0 Å². The maximum atomic E-state index is 12.9. The molecule has 2 heterocycles. The van der Waals surface area contributed by atoms with Crippen LogP contribution in [0.15, 0.2) is 47.5 Å². The van der Waals surface area contributed by atoms with Gasteiger partial charge in [0, 0.05) is 18.5 Å². The fraction of sp³-hybridized carbons (Fsp3) is 0.0833. The number of carbonyl (C=O) groups is 1. The van der Waals surface area contributed by atoms with Gasteiger partial charge in [0.2, 0.25) is 5.91 Å². The van der Waals surface area contributed by atoms with Crippen LogP contribution in [0.4, 0.5) is 10.2 Å². The summed E-state index contributed by atoms with van der Waals surface area (Å²) in [5.41, 5.74) is -0.437. The quantitative estimate of drug-likeness (QED) is 0.880. The van der Waals surface area contributed by atoms with E-state index in [0.29, 0.717) is 5.82 Å². The molecule has 0 bridgehead atoms. The van der Waals surface area contributed by atoms with E-state index in [0.717, 1.165) is 22.9 Å². The number of rotatable bonds is 3. The van der Waals surface area contributed by atoms with Gasteiger partial charge in [0.1, 0.15) is 18.2 Å². The third-order valence-corrected chi connectivity index (χ3v) is 2.19. The molecule has 0 aliphatic carbocycles. The Kier molecular flexibility index (Phi) is 3.47. The summed E-state index contributed by atoms with van der Waals surface area (Å²) in [5, 5.41) is 2.50. The van der Waals surface area contributed by atoms with Crippen molar-refractivity contribution < 1.29 is 9.18 Å². The molecule has 0 aromatic carbocycles. The number of nitrogens with zero attached hydrogens (tertiary/aromatic N) is 2. The highest BCUT2D eigenvalue weighted by Gasteiger charge is 2.06. The molecule has 6 heteroatoms. The number of hydrogen-bond donors (Lipinski definition) is 1. The van der Waals surface area contributed by atoms with E-state index >= 15 is 0 Å². The molecule has 2 aromatic heterocycles. The predicted molar refractivity (Wildman–Crippen MR) is 63.5 cm³/mol. The lowest BCUT2D eigenvalue weighted by Crippen LogP contribution is -2.27. The molecule has 1 N–H and O–H groups in total. The van der Waals surface area contributed by atoms with Gasteiger partial charge < -0.3 is 9.88 Å². The first-order valence-corrected chi connectivity index (χ1v) is 5.22. The SMILES string of the molecule is O=C(Cn1cc(F)ccc1=O)Nc1ccccn1. The summed E-state index contributed by atoms with van der Waals surface area (Å²) in [6.07, 6.45) is 2.52. The summed E-state index contributed by atoms with van der Waals surface area (Å²) in [5.74, 6) is -0.631. The van der Waals surface area contributed by atoms with Crippen molar-refractivity contribution in [2.45, 2.75) is 6.54 Å². The molecule has 0 saturated carbocycles. The molecule has 1 amide bonds. The minimum absolute atomic E-state index is 0.257. The van der Waals surface area contributed by atoms with Crippen molar-refractivity contribution in [2.75, 3.05) is 5.32 Å². The van der Waals surface area contributed by atoms with E-state index in [2.05, 4.69) is 10.3 Å². The number of aromatic nitrogens is 2. The standard InChI is InChI=1S/C12H10FN3O2/c13-9-4-5-12(18)16(7-9)8-11(17)15-10-3-1-2-6-14-10/h1-7H,8H2,(H,14,15,17). The summed E-state index contributed by atoms with van der Waals surface area (Å²) in [6.45, 7) is -0.257. The first kappa shape index (κ1) is 12.0. The molecule has 5 nitrogen and oxygen atoms in total. The van der Waals surface area contributed by atoms with E-state index in [1.807, 2.05) is 0 Å². The van der Waals surface area contributed by atoms with Crippen molar-refractivity contribution >= 4 is 11.7 Å². The second-order valence-corrected chi connectivity index (χ2v) is 3.58. The zero-order chi connectivity index (χ0) is 13.0. The molecule has 0 unspecified atom stereocenters. The fourth-order valence-corrected chi connectivity index (χ4v) is 1.40. The Balaban J connectivity index is 2.08. The molecule has 2 aromatic rings. The fourth-order valence-electron chi connectivity index (χ4n) is 1.40. The topological polar surface area (TPSA) is 64.0 Å². The minimum atomic E-state index is -0.569. The van der Waals surface area contributed by atoms with Crippen LogP contribution >= 0.6 is 0 Å². The Morgan fingerprint density at radius 3 is 2.89 bits per heavy atom. The van der Waals surface area contributed by atoms with Gasteiger partial charge in [-0.3, -0.25) is 9.59 Å². The third-order valence-electron chi connectivity index (χ3n) is 2.19. The van der Waals surface area contributed by atoms with Gasteiger partial charge in [-0.2, -0.15) is 0 Å². The highest BCUT2D eigenvalue weighted by atomic mass is 19.1. The maximum absolute atomic E-state index is 12.9. The monoisotopic (exact) mass is 247 g/mol. The predicted octanol–water partition coefficient (Wildman–Crippen LogP) is 1.02. The lowest BCUT2D eigenvalue weighted by molar-refractivity contribution is -0.116. The van der Waals surface area contributed by atoms with E-state index in [1.165, 1.54) is 6.20 Å². The van der Waals surface area contributed by atoms with Gasteiger partial charge in [-0.25, -0.2) is 9.37 Å². The summed E-state index contributed by atoms with van der Waals surface area (Å²) in [7, 11) is 0. The molecule has 0 fully saturated rings. The van der Waals surface area contributed by atoms with Crippen molar-refractivity contribution in [3.8, 4) is 0 Å². The van der Waals surface area contributed by atoms with Crippen LogP contribution in [0.1, 0.15) is 0 Å². The molecular formula is C12H10FN3O2. The van der Waals surface area contributed by atoms with Crippen LogP contribution in [-0.4, -0.2) is 15.5 Å². The third kappa shape index (κ3) is 3.00. The zero-order valence-electron chi connectivity index (χ0n) is 9.34. The Hall–Kier alpha value is -2.50. The van der Waals surface area contributed by atoms with Gasteiger partial charge in [-0.05, 0) is 18.2 Å². The molecule has 18 heavy (non-hydrogen) atoms. The normalized spacial score (nSPS) is 10.1. The summed E-state index contributed by atoms with van der Waals surface area (Å²) < 4.78 is 13.9. The van der Waals surface area contributed by atoms with E-state index in [1.54, 1.807) is 18.2 Å². The maximum Gasteiger partial charge on any atom is 0.251 e. The molecule has 0 radical (unpaired) electrons. The molecule has 0 atom stereocenters. The lowest BCUT2D eigenvalue weighted by Gasteiger charge is -2.06. The van der Waals surface area contributed by atoms with Gasteiger partial charge in [0.15, 0.2) is 0 Å². The van der Waals surface area contributed by atoms with E-state index in [4.69, 9.17) is 0 Å². The second-order valence-electron chi connectivity index (χ2n) is 3.58. The zero-order valence-corrected chi connectivity index (χ0v) is 9.34. The van der Waals surface area contributed by atoms with Gasteiger partial charge in [-0.1, -0.05) is 6.07 Å². The van der Waals surface area contributed by atoms with Crippen LogP contribution in [0, 0.1) is 5.82 Å². The smallest absolute Gasteiger partial charge is 0.251 e. The van der Waals surface area contributed by atoms with Crippen LogP contribution in [0.25, 0.3) is 0 Å². The number of amides is 1. The minimum Gasteiger partial charge on any atom is -0.309 e. The average Bonchev–Trinajstić information content (AvgIpc) is 2.35. The van der Waals surface area contributed by atoms with E-state index < -0.39 is 17.3 Å². The van der Waals surface area contributed by atoms with Crippen molar-refractivity contribution in [3.05, 3.63) is 58.9 Å². The molecule has 2 rings (SSSR count). The highest BCUT2D eigenvalue weighted by Crippen LogP contribution is 2.00. The number of anilines is 1. The number of nitrogens with one attached hydrogen (secondary N) is 1. The first-order chi connectivity index (χ1) is 8.65. The van der Waals surface area contributed by atoms with Gasteiger partial charge in [0.05, 0.1) is 0 Å².